The van der Waals surface area contributed by atoms with Crippen molar-refractivity contribution in [2.45, 2.75) is 32.7 Å². The number of carbonyl (C=O) groups excluding carboxylic acids is 1. The van der Waals surface area contributed by atoms with Crippen molar-refractivity contribution in [3.05, 3.63) is 47.5 Å². The van der Waals surface area contributed by atoms with E-state index in [-0.39, 0.29) is 17.8 Å². The van der Waals surface area contributed by atoms with Gasteiger partial charge in [0.1, 0.15) is 11.6 Å². The molecule has 5 nitrogen and oxygen atoms in total. The lowest BCUT2D eigenvalue weighted by Crippen LogP contribution is -2.41. The number of aromatic nitrogens is 1. The average molecular weight is 305 g/mol. The molecule has 6 heteroatoms. The molecule has 0 saturated carbocycles. The van der Waals surface area contributed by atoms with E-state index in [2.05, 4.69) is 15.8 Å². The molecule has 1 amide bonds. The number of nitrogens with one attached hydrogen (secondary N) is 2. The summed E-state index contributed by atoms with van der Waals surface area (Å²) in [5.74, 6) is 0.647. The number of hydrogen-bond donors (Lipinski definition) is 2. The number of rotatable bonds is 7. The lowest BCUT2D eigenvalue weighted by Gasteiger charge is -2.15. The van der Waals surface area contributed by atoms with E-state index in [1.165, 1.54) is 12.1 Å². The number of amides is 1. The summed E-state index contributed by atoms with van der Waals surface area (Å²) >= 11 is 0. The van der Waals surface area contributed by atoms with Crippen LogP contribution in [0.4, 0.5) is 10.2 Å². The highest BCUT2D eigenvalue weighted by Gasteiger charge is 2.17. The number of benzene rings is 1. The summed E-state index contributed by atoms with van der Waals surface area (Å²) in [5, 5.41) is 9.61. The van der Waals surface area contributed by atoms with Gasteiger partial charge in [0.05, 0.1) is 6.04 Å². The van der Waals surface area contributed by atoms with Crippen molar-refractivity contribution in [3.63, 3.8) is 0 Å². The second kappa shape index (κ2) is 7.70. The molecule has 0 saturated heterocycles. The second-order valence-corrected chi connectivity index (χ2v) is 5.11. The summed E-state index contributed by atoms with van der Waals surface area (Å²) < 4.78 is 18.0. The molecular weight excluding hydrogens is 285 g/mol. The number of anilines is 1. The van der Waals surface area contributed by atoms with Crippen LogP contribution >= 0.6 is 0 Å². The molecule has 1 aromatic heterocycles. The van der Waals surface area contributed by atoms with Crippen molar-refractivity contribution in [1.82, 2.24) is 10.5 Å². The van der Waals surface area contributed by atoms with E-state index in [1.54, 1.807) is 19.1 Å². The van der Waals surface area contributed by atoms with Gasteiger partial charge < -0.3 is 15.2 Å². The van der Waals surface area contributed by atoms with Crippen LogP contribution in [0.5, 0.6) is 0 Å². The molecule has 0 radical (unpaired) electrons. The molecule has 1 atom stereocenters. The third-order valence-corrected chi connectivity index (χ3v) is 3.30. The minimum absolute atomic E-state index is 0.157. The predicted molar refractivity (Wildman–Crippen MR) is 82.1 cm³/mol. The van der Waals surface area contributed by atoms with Crippen LogP contribution in [-0.4, -0.2) is 23.7 Å². The van der Waals surface area contributed by atoms with Gasteiger partial charge in [-0.25, -0.2) is 4.39 Å². The number of aryl methyl sites for hydroxylation is 1. The maximum Gasteiger partial charge on any atom is 0.242 e. The zero-order chi connectivity index (χ0) is 15.9. The van der Waals surface area contributed by atoms with Gasteiger partial charge in [-0.2, -0.15) is 0 Å². The summed E-state index contributed by atoms with van der Waals surface area (Å²) in [7, 11) is 0. The summed E-state index contributed by atoms with van der Waals surface area (Å²) in [6.07, 6.45) is 1.30. The van der Waals surface area contributed by atoms with Crippen LogP contribution in [0.1, 0.15) is 24.7 Å². The quantitative estimate of drug-likeness (QED) is 0.825. The van der Waals surface area contributed by atoms with Crippen molar-refractivity contribution in [2.24, 2.45) is 0 Å². The minimum Gasteiger partial charge on any atom is -0.360 e. The van der Waals surface area contributed by atoms with Gasteiger partial charge in [-0.15, -0.1) is 0 Å². The Kier molecular flexibility index (Phi) is 5.66. The first-order chi connectivity index (χ1) is 10.6. The first kappa shape index (κ1) is 16.2. The van der Waals surface area contributed by atoms with Gasteiger partial charge in [0.2, 0.25) is 5.91 Å². The van der Waals surface area contributed by atoms with Crippen molar-refractivity contribution in [2.75, 3.05) is 11.9 Å². The van der Waals surface area contributed by atoms with Crippen LogP contribution in [0.25, 0.3) is 0 Å². The highest BCUT2D eigenvalue weighted by molar-refractivity contribution is 5.93. The largest absolute Gasteiger partial charge is 0.360 e. The molecule has 2 N–H and O–H groups in total. The minimum atomic E-state index is -0.328. The lowest BCUT2D eigenvalue weighted by molar-refractivity contribution is -0.118. The van der Waals surface area contributed by atoms with Gasteiger partial charge in [-0.1, -0.05) is 24.2 Å². The highest BCUT2D eigenvalue weighted by Crippen LogP contribution is 2.08. The van der Waals surface area contributed by atoms with E-state index < -0.39 is 0 Å². The Morgan fingerprint density at radius 2 is 2.23 bits per heavy atom. The fourth-order valence-corrected chi connectivity index (χ4v) is 2.14. The third kappa shape index (κ3) is 4.66. The number of halogens is 1. The molecule has 0 aliphatic heterocycles. The molecule has 22 heavy (non-hydrogen) atoms. The summed E-state index contributed by atoms with van der Waals surface area (Å²) in [6, 6.07) is 7.80. The zero-order valence-corrected chi connectivity index (χ0v) is 12.7. The van der Waals surface area contributed by atoms with Crippen molar-refractivity contribution >= 4 is 11.7 Å². The van der Waals surface area contributed by atoms with Crippen LogP contribution in [0, 0.1) is 12.7 Å². The first-order valence-electron chi connectivity index (χ1n) is 7.30. The lowest BCUT2D eigenvalue weighted by atomic mass is 10.1. The van der Waals surface area contributed by atoms with E-state index in [0.29, 0.717) is 31.0 Å². The van der Waals surface area contributed by atoms with Gasteiger partial charge in [0.15, 0.2) is 5.82 Å². The Bertz CT molecular complexity index is 627. The third-order valence-electron chi connectivity index (χ3n) is 3.30. The van der Waals surface area contributed by atoms with Crippen LogP contribution in [0.15, 0.2) is 34.9 Å². The molecule has 2 aromatic rings. The standard InChI is InChI=1S/C16H20FN3O2/c1-3-14(16(21)19-15-9-11(2)22-20-15)18-8-7-12-5-4-6-13(17)10-12/h4-6,9-10,14,18H,3,7-8H2,1-2H3,(H,19,20,21)/t14-/m0/s1. The van der Waals surface area contributed by atoms with Gasteiger partial charge in [-0.05, 0) is 44.0 Å². The summed E-state index contributed by atoms with van der Waals surface area (Å²) in [4.78, 5) is 12.1. The number of carbonyl (C=O) groups is 1. The predicted octanol–water partition coefficient (Wildman–Crippen LogP) is 2.67. The maximum absolute atomic E-state index is 13.1. The molecule has 0 fully saturated rings. The highest BCUT2D eigenvalue weighted by atomic mass is 19.1. The normalized spacial score (nSPS) is 12.1. The molecule has 1 heterocycles. The van der Waals surface area contributed by atoms with Crippen molar-refractivity contribution in [3.8, 4) is 0 Å². The second-order valence-electron chi connectivity index (χ2n) is 5.11. The average Bonchev–Trinajstić information content (AvgIpc) is 2.88. The summed E-state index contributed by atoms with van der Waals surface area (Å²) in [6.45, 7) is 4.28. The van der Waals surface area contributed by atoms with Gasteiger partial charge in [0, 0.05) is 6.07 Å². The molecule has 0 spiro atoms. The Balaban J connectivity index is 1.82. The molecule has 1 aromatic carbocycles. The Labute approximate surface area is 128 Å². The van der Waals surface area contributed by atoms with E-state index in [1.807, 2.05) is 13.0 Å². The van der Waals surface area contributed by atoms with Crippen molar-refractivity contribution in [1.29, 1.82) is 0 Å². The fourth-order valence-electron chi connectivity index (χ4n) is 2.14. The summed E-state index contributed by atoms with van der Waals surface area (Å²) in [5.41, 5.74) is 0.898. The van der Waals surface area contributed by atoms with Crippen LogP contribution in [-0.2, 0) is 11.2 Å². The van der Waals surface area contributed by atoms with E-state index in [0.717, 1.165) is 5.56 Å². The van der Waals surface area contributed by atoms with E-state index >= 15 is 0 Å². The molecule has 2 rings (SSSR count). The van der Waals surface area contributed by atoms with Gasteiger partial charge in [0.25, 0.3) is 0 Å². The maximum atomic E-state index is 13.1. The van der Waals surface area contributed by atoms with Crippen LogP contribution in [0.2, 0.25) is 0 Å². The molecule has 0 aliphatic rings. The first-order valence-corrected chi connectivity index (χ1v) is 7.30. The van der Waals surface area contributed by atoms with Crippen LogP contribution in [0.3, 0.4) is 0 Å². The van der Waals surface area contributed by atoms with E-state index in [4.69, 9.17) is 4.52 Å². The Hall–Kier alpha value is -2.21. The monoisotopic (exact) mass is 305 g/mol. The van der Waals surface area contributed by atoms with Gasteiger partial charge in [-0.3, -0.25) is 4.79 Å². The Morgan fingerprint density at radius 1 is 1.41 bits per heavy atom. The zero-order valence-electron chi connectivity index (χ0n) is 12.7. The molecule has 0 bridgehead atoms. The topological polar surface area (TPSA) is 67.2 Å². The molecule has 0 unspecified atom stereocenters. The fraction of sp³-hybridized carbons (Fsp3) is 0.375. The smallest absolute Gasteiger partial charge is 0.242 e. The van der Waals surface area contributed by atoms with E-state index in [9.17, 15) is 9.18 Å². The number of nitrogens with zero attached hydrogens (tertiary/aromatic N) is 1. The molecule has 0 aliphatic carbocycles. The molecular formula is C16H20FN3O2. The van der Waals surface area contributed by atoms with Crippen molar-refractivity contribution < 1.29 is 13.7 Å². The van der Waals surface area contributed by atoms with Gasteiger partial charge >= 0.3 is 0 Å². The Morgan fingerprint density at radius 3 is 2.86 bits per heavy atom. The SMILES string of the molecule is CC[C@H](NCCc1cccc(F)c1)C(=O)Nc1cc(C)on1. The van der Waals surface area contributed by atoms with Crippen LogP contribution < -0.4 is 10.6 Å². The number of hydrogen-bond acceptors (Lipinski definition) is 4. The molecule has 118 valence electrons.